The fourth-order valence-corrected chi connectivity index (χ4v) is 2.41. The minimum atomic E-state index is 0.589. The Morgan fingerprint density at radius 3 is 3.00 bits per heavy atom. The molecule has 1 aromatic carbocycles. The van der Waals surface area contributed by atoms with Crippen molar-refractivity contribution in [2.75, 3.05) is 19.6 Å². The number of aryl methyl sites for hydroxylation is 1. The second-order valence-electron chi connectivity index (χ2n) is 4.62. The number of hydrogen-bond acceptors (Lipinski definition) is 2. The summed E-state index contributed by atoms with van der Waals surface area (Å²) in [6, 6.07) is 6.91. The Balaban J connectivity index is 2.07. The highest BCUT2D eigenvalue weighted by atomic mass is 35.5. The number of benzene rings is 1. The molecule has 0 amide bonds. The summed E-state index contributed by atoms with van der Waals surface area (Å²) in [5.74, 6) is 0. The predicted octanol–water partition coefficient (Wildman–Crippen LogP) is 2.44. The summed E-state index contributed by atoms with van der Waals surface area (Å²) in [4.78, 5) is 2.48. The summed E-state index contributed by atoms with van der Waals surface area (Å²) >= 11 is 6.25. The van der Waals surface area contributed by atoms with E-state index in [0.29, 0.717) is 6.04 Å². The molecule has 1 N–H and O–H groups in total. The van der Waals surface area contributed by atoms with Crippen LogP contribution < -0.4 is 5.32 Å². The monoisotopic (exact) mass is 238 g/mol. The van der Waals surface area contributed by atoms with Crippen molar-refractivity contribution >= 4 is 11.6 Å². The Hall–Kier alpha value is -0.570. The second kappa shape index (κ2) is 5.17. The van der Waals surface area contributed by atoms with Gasteiger partial charge in [0.2, 0.25) is 0 Å². The van der Waals surface area contributed by atoms with Gasteiger partial charge in [-0.05, 0) is 31.0 Å². The fourth-order valence-electron chi connectivity index (χ4n) is 2.12. The topological polar surface area (TPSA) is 15.3 Å². The van der Waals surface area contributed by atoms with Gasteiger partial charge in [-0.15, -0.1) is 0 Å². The molecule has 3 heteroatoms. The summed E-state index contributed by atoms with van der Waals surface area (Å²) in [6.45, 7) is 8.54. The van der Waals surface area contributed by atoms with Crippen molar-refractivity contribution < 1.29 is 0 Å². The molecule has 1 fully saturated rings. The summed E-state index contributed by atoms with van der Waals surface area (Å²) in [7, 11) is 0. The van der Waals surface area contributed by atoms with E-state index in [-0.39, 0.29) is 0 Å². The Morgan fingerprint density at radius 2 is 2.31 bits per heavy atom. The lowest BCUT2D eigenvalue weighted by Gasteiger charge is -2.34. The maximum absolute atomic E-state index is 6.25. The molecule has 1 atom stereocenters. The van der Waals surface area contributed by atoms with E-state index in [9.17, 15) is 0 Å². The van der Waals surface area contributed by atoms with Gasteiger partial charge in [0.1, 0.15) is 0 Å². The van der Waals surface area contributed by atoms with Gasteiger partial charge in [0.15, 0.2) is 0 Å². The van der Waals surface area contributed by atoms with Gasteiger partial charge >= 0.3 is 0 Å². The van der Waals surface area contributed by atoms with Gasteiger partial charge in [-0.3, -0.25) is 4.90 Å². The molecule has 0 unspecified atom stereocenters. The van der Waals surface area contributed by atoms with Crippen molar-refractivity contribution in [3.05, 3.63) is 34.3 Å². The number of piperazine rings is 1. The van der Waals surface area contributed by atoms with Gasteiger partial charge in [0.05, 0.1) is 0 Å². The Bertz CT molecular complexity index is 365. The van der Waals surface area contributed by atoms with E-state index in [2.05, 4.69) is 36.2 Å². The van der Waals surface area contributed by atoms with E-state index in [1.807, 2.05) is 6.07 Å². The number of nitrogens with zero attached hydrogens (tertiary/aromatic N) is 1. The van der Waals surface area contributed by atoms with Crippen LogP contribution in [-0.4, -0.2) is 30.6 Å². The van der Waals surface area contributed by atoms with Crippen molar-refractivity contribution in [3.63, 3.8) is 0 Å². The van der Waals surface area contributed by atoms with Crippen LogP contribution in [0.5, 0.6) is 0 Å². The fraction of sp³-hybridized carbons (Fsp3) is 0.538. The Kier molecular flexibility index (Phi) is 3.85. The molecular formula is C13H19ClN2. The highest BCUT2D eigenvalue weighted by molar-refractivity contribution is 6.31. The third-order valence-electron chi connectivity index (χ3n) is 3.22. The molecule has 1 saturated heterocycles. The molecule has 1 aliphatic heterocycles. The number of halogens is 1. The van der Waals surface area contributed by atoms with Gasteiger partial charge in [-0.25, -0.2) is 0 Å². The van der Waals surface area contributed by atoms with Crippen LogP contribution in [0.1, 0.15) is 18.1 Å². The van der Waals surface area contributed by atoms with E-state index in [0.717, 1.165) is 31.2 Å². The lowest BCUT2D eigenvalue weighted by Crippen LogP contribution is -2.49. The minimum Gasteiger partial charge on any atom is -0.314 e. The van der Waals surface area contributed by atoms with Gasteiger partial charge in [-0.1, -0.05) is 23.7 Å². The number of rotatable bonds is 2. The number of nitrogens with one attached hydrogen (secondary N) is 1. The molecular weight excluding hydrogens is 220 g/mol. The van der Waals surface area contributed by atoms with Crippen LogP contribution >= 0.6 is 11.6 Å². The molecule has 0 bridgehead atoms. The largest absolute Gasteiger partial charge is 0.314 e. The first kappa shape index (κ1) is 11.9. The lowest BCUT2D eigenvalue weighted by molar-refractivity contribution is 0.165. The molecule has 0 aromatic heterocycles. The quantitative estimate of drug-likeness (QED) is 0.852. The maximum atomic E-state index is 6.25. The number of hydrogen-bond donors (Lipinski definition) is 1. The SMILES string of the molecule is Cc1ccc(CN2CCNC[C@H]2C)c(Cl)c1. The highest BCUT2D eigenvalue weighted by Crippen LogP contribution is 2.20. The Morgan fingerprint density at radius 1 is 1.50 bits per heavy atom. The zero-order valence-electron chi connectivity index (χ0n) is 9.96. The molecule has 0 saturated carbocycles. The summed E-state index contributed by atoms with van der Waals surface area (Å²) in [6.07, 6.45) is 0. The first-order chi connectivity index (χ1) is 7.66. The third kappa shape index (κ3) is 2.76. The average molecular weight is 239 g/mol. The molecule has 0 aliphatic carbocycles. The van der Waals surface area contributed by atoms with Crippen molar-refractivity contribution in [2.45, 2.75) is 26.4 Å². The molecule has 0 spiro atoms. The van der Waals surface area contributed by atoms with E-state index in [1.165, 1.54) is 11.1 Å². The van der Waals surface area contributed by atoms with Crippen LogP contribution in [0.2, 0.25) is 5.02 Å². The van der Waals surface area contributed by atoms with E-state index < -0.39 is 0 Å². The summed E-state index contributed by atoms with van der Waals surface area (Å²) in [5, 5.41) is 4.29. The normalized spacial score (nSPS) is 22.3. The first-order valence-electron chi connectivity index (χ1n) is 5.86. The van der Waals surface area contributed by atoms with Crippen LogP contribution in [0, 0.1) is 6.92 Å². The maximum Gasteiger partial charge on any atom is 0.0453 e. The lowest BCUT2D eigenvalue weighted by atomic mass is 10.1. The van der Waals surface area contributed by atoms with Crippen molar-refractivity contribution in [1.29, 1.82) is 0 Å². The molecule has 1 aromatic rings. The third-order valence-corrected chi connectivity index (χ3v) is 3.57. The molecule has 2 rings (SSSR count). The van der Waals surface area contributed by atoms with E-state index in [1.54, 1.807) is 0 Å². The average Bonchev–Trinajstić information content (AvgIpc) is 2.25. The van der Waals surface area contributed by atoms with E-state index in [4.69, 9.17) is 11.6 Å². The van der Waals surface area contributed by atoms with Crippen LogP contribution in [0.3, 0.4) is 0 Å². The molecule has 2 nitrogen and oxygen atoms in total. The zero-order valence-corrected chi connectivity index (χ0v) is 10.7. The second-order valence-corrected chi connectivity index (χ2v) is 5.03. The standard InChI is InChI=1S/C13H19ClN2/c1-10-3-4-12(13(14)7-10)9-16-6-5-15-8-11(16)2/h3-4,7,11,15H,5-6,8-9H2,1-2H3/t11-/m1/s1. The summed E-state index contributed by atoms with van der Waals surface area (Å²) < 4.78 is 0. The Labute approximate surface area is 103 Å². The predicted molar refractivity (Wildman–Crippen MR) is 68.9 cm³/mol. The summed E-state index contributed by atoms with van der Waals surface area (Å²) in [5.41, 5.74) is 2.46. The van der Waals surface area contributed by atoms with Crippen molar-refractivity contribution in [2.24, 2.45) is 0 Å². The van der Waals surface area contributed by atoms with Crippen LogP contribution in [0.4, 0.5) is 0 Å². The molecule has 0 radical (unpaired) electrons. The zero-order chi connectivity index (χ0) is 11.5. The van der Waals surface area contributed by atoms with Crippen LogP contribution in [-0.2, 0) is 6.54 Å². The van der Waals surface area contributed by atoms with Crippen LogP contribution in [0.25, 0.3) is 0 Å². The van der Waals surface area contributed by atoms with Crippen molar-refractivity contribution in [3.8, 4) is 0 Å². The van der Waals surface area contributed by atoms with E-state index >= 15 is 0 Å². The van der Waals surface area contributed by atoms with Crippen molar-refractivity contribution in [1.82, 2.24) is 10.2 Å². The first-order valence-corrected chi connectivity index (χ1v) is 6.24. The smallest absolute Gasteiger partial charge is 0.0453 e. The van der Waals surface area contributed by atoms with Gasteiger partial charge in [0.25, 0.3) is 0 Å². The molecule has 1 heterocycles. The molecule has 16 heavy (non-hydrogen) atoms. The van der Waals surface area contributed by atoms with Gasteiger partial charge < -0.3 is 5.32 Å². The molecule has 1 aliphatic rings. The highest BCUT2D eigenvalue weighted by Gasteiger charge is 2.18. The van der Waals surface area contributed by atoms with Gasteiger partial charge in [-0.2, -0.15) is 0 Å². The van der Waals surface area contributed by atoms with Crippen LogP contribution in [0.15, 0.2) is 18.2 Å². The van der Waals surface area contributed by atoms with Gasteiger partial charge in [0, 0.05) is 37.2 Å². The molecule has 88 valence electrons. The minimum absolute atomic E-state index is 0.589.